The molecule has 0 aliphatic carbocycles. The van der Waals surface area contributed by atoms with Crippen molar-refractivity contribution in [3.63, 3.8) is 0 Å². The van der Waals surface area contributed by atoms with Gasteiger partial charge < -0.3 is 15.0 Å². The van der Waals surface area contributed by atoms with Crippen LogP contribution in [-0.4, -0.2) is 42.3 Å². The molecule has 0 spiro atoms. The van der Waals surface area contributed by atoms with E-state index in [2.05, 4.69) is 5.32 Å². The largest absolute Gasteiger partial charge is 0.444 e. The molecule has 0 radical (unpaired) electrons. The average Bonchev–Trinajstić information content (AvgIpc) is 2.54. The lowest BCUT2D eigenvalue weighted by Crippen LogP contribution is -2.44. The fraction of sp³-hybridized carbons (Fsp3) is 0.909. The van der Waals surface area contributed by atoms with Crippen molar-refractivity contribution in [2.45, 2.75) is 45.8 Å². The Bertz CT molecular complexity index is 223. The van der Waals surface area contributed by atoms with Crippen molar-refractivity contribution >= 4 is 18.5 Å². The van der Waals surface area contributed by atoms with E-state index in [9.17, 15) is 4.79 Å². The third-order valence-electron chi connectivity index (χ3n) is 2.44. The van der Waals surface area contributed by atoms with E-state index in [1.165, 1.54) is 0 Å². The maximum Gasteiger partial charge on any atom is 0.410 e. The van der Waals surface area contributed by atoms with Gasteiger partial charge in [0.15, 0.2) is 0 Å². The van der Waals surface area contributed by atoms with Gasteiger partial charge in [-0.05, 0) is 40.7 Å². The van der Waals surface area contributed by atoms with Crippen LogP contribution < -0.4 is 5.32 Å². The van der Waals surface area contributed by atoms with Crippen molar-refractivity contribution in [3.05, 3.63) is 0 Å². The summed E-state index contributed by atoms with van der Waals surface area (Å²) in [5.41, 5.74) is -0.406. The number of carbonyl (C=O) groups excluding carboxylic acids is 1. The quantitative estimate of drug-likeness (QED) is 0.816. The van der Waals surface area contributed by atoms with Crippen molar-refractivity contribution in [2.24, 2.45) is 0 Å². The molecule has 1 aliphatic heterocycles. The topological polar surface area (TPSA) is 41.6 Å². The lowest BCUT2D eigenvalue weighted by Gasteiger charge is -2.30. The Labute approximate surface area is 104 Å². The van der Waals surface area contributed by atoms with Gasteiger partial charge in [-0.1, -0.05) is 0 Å². The van der Waals surface area contributed by atoms with Crippen molar-refractivity contribution in [1.82, 2.24) is 10.2 Å². The van der Waals surface area contributed by atoms with Crippen LogP contribution in [0.1, 0.15) is 34.1 Å². The molecule has 1 fully saturated rings. The molecule has 1 aliphatic rings. The minimum absolute atomic E-state index is 0. The number of hydrogen-bond acceptors (Lipinski definition) is 3. The van der Waals surface area contributed by atoms with Gasteiger partial charge in [-0.2, -0.15) is 0 Å². The van der Waals surface area contributed by atoms with E-state index in [1.807, 2.05) is 32.6 Å². The summed E-state index contributed by atoms with van der Waals surface area (Å²) in [6, 6.07) is 0.296. The first kappa shape index (κ1) is 15.5. The van der Waals surface area contributed by atoms with Gasteiger partial charge in [0.1, 0.15) is 5.60 Å². The van der Waals surface area contributed by atoms with Gasteiger partial charge in [-0.25, -0.2) is 4.79 Å². The number of nitrogens with one attached hydrogen (secondary N) is 1. The third kappa shape index (κ3) is 4.58. The maximum atomic E-state index is 11.9. The van der Waals surface area contributed by atoms with Crippen LogP contribution in [-0.2, 0) is 4.74 Å². The van der Waals surface area contributed by atoms with Crippen LogP contribution in [0.3, 0.4) is 0 Å². The Morgan fingerprint density at radius 2 is 2.12 bits per heavy atom. The third-order valence-corrected chi connectivity index (χ3v) is 2.44. The number of carbonyl (C=O) groups is 1. The molecule has 0 saturated carbocycles. The minimum Gasteiger partial charge on any atom is -0.444 e. The second-order valence-corrected chi connectivity index (χ2v) is 4.91. The number of hydrogen-bond donors (Lipinski definition) is 1. The van der Waals surface area contributed by atoms with Gasteiger partial charge in [-0.3, -0.25) is 0 Å². The Morgan fingerprint density at radius 3 is 2.50 bits per heavy atom. The molecule has 0 aromatic heterocycles. The molecule has 1 N–H and O–H groups in total. The number of amides is 1. The first-order valence-corrected chi connectivity index (χ1v) is 5.64. The van der Waals surface area contributed by atoms with Crippen LogP contribution in [0.25, 0.3) is 0 Å². The maximum absolute atomic E-state index is 11.9. The van der Waals surface area contributed by atoms with Gasteiger partial charge in [0.05, 0.1) is 0 Å². The lowest BCUT2D eigenvalue weighted by molar-refractivity contribution is 0.0189. The van der Waals surface area contributed by atoms with Crippen LogP contribution >= 0.6 is 12.4 Å². The summed E-state index contributed by atoms with van der Waals surface area (Å²) < 4.78 is 5.36. The van der Waals surface area contributed by atoms with Crippen molar-refractivity contribution in [2.75, 3.05) is 19.6 Å². The molecule has 1 atom stereocenters. The number of likely N-dealkylation sites (N-methyl/N-ethyl adjacent to an activating group) is 1. The van der Waals surface area contributed by atoms with E-state index in [0.717, 1.165) is 19.5 Å². The average molecular weight is 251 g/mol. The lowest BCUT2D eigenvalue weighted by atomic mass is 10.2. The standard InChI is InChI=1S/C11H22N2O2.ClH/c1-5-13(9-6-7-12-8-9)10(14)15-11(2,3)4;/h9,12H,5-8H2,1-4H3;1H/t9-;/m0./s1. The number of ether oxygens (including phenoxy) is 1. The molecule has 4 nitrogen and oxygen atoms in total. The normalized spacial score (nSPS) is 20.1. The molecule has 1 saturated heterocycles. The zero-order chi connectivity index (χ0) is 11.5. The van der Waals surface area contributed by atoms with E-state index < -0.39 is 5.60 Å². The Morgan fingerprint density at radius 1 is 1.50 bits per heavy atom. The van der Waals surface area contributed by atoms with E-state index in [1.54, 1.807) is 0 Å². The predicted octanol–water partition coefficient (Wildman–Crippen LogP) is 2.03. The highest BCUT2D eigenvalue weighted by Gasteiger charge is 2.28. The highest BCUT2D eigenvalue weighted by Crippen LogP contribution is 2.14. The molecule has 1 rings (SSSR count). The second kappa shape index (κ2) is 6.30. The Hall–Kier alpha value is -0.480. The van der Waals surface area contributed by atoms with Crippen molar-refractivity contribution < 1.29 is 9.53 Å². The summed E-state index contributed by atoms with van der Waals surface area (Å²) in [5.74, 6) is 0. The molecule has 16 heavy (non-hydrogen) atoms. The monoisotopic (exact) mass is 250 g/mol. The van der Waals surface area contributed by atoms with Gasteiger partial charge in [-0.15, -0.1) is 12.4 Å². The SMILES string of the molecule is CCN(C(=O)OC(C)(C)C)[C@H]1CCNC1.Cl. The number of nitrogens with zero attached hydrogens (tertiary/aromatic N) is 1. The Balaban J connectivity index is 0.00000225. The van der Waals surface area contributed by atoms with Gasteiger partial charge in [0, 0.05) is 19.1 Å². The van der Waals surface area contributed by atoms with Gasteiger partial charge in [0.25, 0.3) is 0 Å². The molecule has 1 amide bonds. The highest BCUT2D eigenvalue weighted by molar-refractivity contribution is 5.85. The summed E-state index contributed by atoms with van der Waals surface area (Å²) in [4.78, 5) is 13.7. The van der Waals surface area contributed by atoms with Crippen molar-refractivity contribution in [1.29, 1.82) is 0 Å². The van der Waals surface area contributed by atoms with E-state index in [4.69, 9.17) is 4.74 Å². The summed E-state index contributed by atoms with van der Waals surface area (Å²) in [7, 11) is 0. The molecule has 0 aromatic carbocycles. The zero-order valence-electron chi connectivity index (χ0n) is 10.6. The number of rotatable bonds is 2. The van der Waals surface area contributed by atoms with Crippen LogP contribution in [0, 0.1) is 0 Å². The summed E-state index contributed by atoms with van der Waals surface area (Å²) >= 11 is 0. The Kier molecular flexibility index (Phi) is 6.11. The molecule has 96 valence electrons. The molecule has 0 aromatic rings. The predicted molar refractivity (Wildman–Crippen MR) is 67.1 cm³/mol. The van der Waals surface area contributed by atoms with Crippen LogP contribution in [0.2, 0.25) is 0 Å². The molecular weight excluding hydrogens is 228 g/mol. The molecular formula is C11H23ClN2O2. The van der Waals surface area contributed by atoms with E-state index >= 15 is 0 Å². The highest BCUT2D eigenvalue weighted by atomic mass is 35.5. The fourth-order valence-electron chi connectivity index (χ4n) is 1.76. The van der Waals surface area contributed by atoms with Gasteiger partial charge in [0.2, 0.25) is 0 Å². The molecule has 1 heterocycles. The van der Waals surface area contributed by atoms with Crippen molar-refractivity contribution in [3.8, 4) is 0 Å². The summed E-state index contributed by atoms with van der Waals surface area (Å²) in [6.45, 7) is 10.3. The van der Waals surface area contributed by atoms with Crippen LogP contribution in [0.4, 0.5) is 4.79 Å². The van der Waals surface area contributed by atoms with E-state index in [-0.39, 0.29) is 18.5 Å². The first-order chi connectivity index (χ1) is 6.94. The summed E-state index contributed by atoms with van der Waals surface area (Å²) in [6.07, 6.45) is 0.825. The smallest absolute Gasteiger partial charge is 0.410 e. The van der Waals surface area contributed by atoms with Crippen LogP contribution in [0.5, 0.6) is 0 Å². The van der Waals surface area contributed by atoms with Gasteiger partial charge >= 0.3 is 6.09 Å². The molecule has 0 bridgehead atoms. The zero-order valence-corrected chi connectivity index (χ0v) is 11.4. The fourth-order valence-corrected chi connectivity index (χ4v) is 1.76. The summed E-state index contributed by atoms with van der Waals surface area (Å²) in [5, 5.41) is 3.26. The van der Waals surface area contributed by atoms with Crippen LogP contribution in [0.15, 0.2) is 0 Å². The minimum atomic E-state index is -0.406. The number of halogens is 1. The second-order valence-electron chi connectivity index (χ2n) is 4.91. The van der Waals surface area contributed by atoms with E-state index in [0.29, 0.717) is 12.6 Å². The molecule has 0 unspecified atom stereocenters. The first-order valence-electron chi connectivity index (χ1n) is 5.64. The molecule has 5 heteroatoms.